The Hall–Kier alpha value is -0.260. The Bertz CT molecular complexity index is 135. The lowest BCUT2D eigenvalue weighted by Crippen LogP contribution is -2.42. The van der Waals surface area contributed by atoms with E-state index < -0.39 is 6.61 Å². The highest BCUT2D eigenvalue weighted by molar-refractivity contribution is 4.67. The first-order valence-electron chi connectivity index (χ1n) is 3.88. The van der Waals surface area contributed by atoms with Crippen LogP contribution < -0.4 is 0 Å². The summed E-state index contributed by atoms with van der Waals surface area (Å²) >= 11 is 0. The molecule has 0 saturated carbocycles. The van der Waals surface area contributed by atoms with Crippen molar-refractivity contribution in [1.29, 1.82) is 0 Å². The van der Waals surface area contributed by atoms with E-state index in [4.69, 9.17) is 4.74 Å². The quantitative estimate of drug-likeness (QED) is 0.635. The molecule has 0 bridgehead atoms. The number of rotatable bonds is 3. The third kappa shape index (κ3) is 3.42. The molecule has 0 unspecified atom stereocenters. The smallest absolute Gasteiger partial charge is 0.345 e. The Morgan fingerprint density at radius 1 is 1.67 bits per heavy atom. The highest BCUT2D eigenvalue weighted by Gasteiger charge is 2.18. The maximum Gasteiger partial charge on any atom is 0.345 e. The van der Waals surface area contributed by atoms with E-state index in [2.05, 4.69) is 4.74 Å². The van der Waals surface area contributed by atoms with E-state index in [1.807, 2.05) is 11.9 Å². The Kier molecular flexibility index (Phi) is 3.84. The minimum Gasteiger partial charge on any atom is -0.373 e. The van der Waals surface area contributed by atoms with Crippen LogP contribution in [0.3, 0.4) is 0 Å². The van der Waals surface area contributed by atoms with Crippen molar-refractivity contribution in [2.75, 3.05) is 33.4 Å². The molecule has 0 aliphatic carbocycles. The van der Waals surface area contributed by atoms with Crippen molar-refractivity contribution in [2.24, 2.45) is 0 Å². The fraction of sp³-hybridized carbons (Fsp3) is 1.00. The predicted molar refractivity (Wildman–Crippen MR) is 39.2 cm³/mol. The monoisotopic (exact) mass is 181 g/mol. The summed E-state index contributed by atoms with van der Waals surface area (Å²) in [4.78, 5) is 2.03. The number of alkyl halides is 2. The lowest BCUT2D eigenvalue weighted by Gasteiger charge is -2.29. The molecule has 1 fully saturated rings. The highest BCUT2D eigenvalue weighted by atomic mass is 19.3. The van der Waals surface area contributed by atoms with Crippen molar-refractivity contribution in [3.05, 3.63) is 0 Å². The molecule has 1 rings (SSSR count). The fourth-order valence-corrected chi connectivity index (χ4v) is 1.15. The van der Waals surface area contributed by atoms with Crippen molar-refractivity contribution in [3.63, 3.8) is 0 Å². The van der Waals surface area contributed by atoms with Gasteiger partial charge < -0.3 is 14.4 Å². The van der Waals surface area contributed by atoms with Crippen molar-refractivity contribution < 1.29 is 18.3 Å². The summed E-state index contributed by atoms with van der Waals surface area (Å²) in [6, 6.07) is 0. The maximum absolute atomic E-state index is 11.6. The van der Waals surface area contributed by atoms with Crippen LogP contribution in [0.15, 0.2) is 0 Å². The zero-order valence-electron chi connectivity index (χ0n) is 7.00. The van der Waals surface area contributed by atoms with Gasteiger partial charge >= 0.3 is 6.61 Å². The summed E-state index contributed by atoms with van der Waals surface area (Å²) in [5.74, 6) is 0. The van der Waals surface area contributed by atoms with E-state index in [1.165, 1.54) is 0 Å². The van der Waals surface area contributed by atoms with Crippen LogP contribution >= 0.6 is 0 Å². The van der Waals surface area contributed by atoms with Gasteiger partial charge in [-0.25, -0.2) is 0 Å². The van der Waals surface area contributed by atoms with Gasteiger partial charge in [-0.05, 0) is 7.05 Å². The average Bonchev–Trinajstić information content (AvgIpc) is 2.01. The van der Waals surface area contributed by atoms with Gasteiger partial charge in [0.2, 0.25) is 0 Å². The Morgan fingerprint density at radius 3 is 3.00 bits per heavy atom. The Morgan fingerprint density at radius 2 is 2.42 bits per heavy atom. The summed E-state index contributed by atoms with van der Waals surface area (Å²) in [6.45, 7) is -0.617. The van der Waals surface area contributed by atoms with Gasteiger partial charge in [0.1, 0.15) is 0 Å². The molecule has 1 aliphatic rings. The molecular formula is C7H13F2NO2. The largest absolute Gasteiger partial charge is 0.373 e. The van der Waals surface area contributed by atoms with Gasteiger partial charge in [-0.1, -0.05) is 0 Å². The number of likely N-dealkylation sites (N-methyl/N-ethyl adjacent to an activating group) is 1. The second kappa shape index (κ2) is 4.69. The second-order valence-electron chi connectivity index (χ2n) is 2.85. The van der Waals surface area contributed by atoms with E-state index in [-0.39, 0.29) is 12.7 Å². The molecule has 3 nitrogen and oxygen atoms in total. The standard InChI is InChI=1S/C7H13F2NO2/c1-10-2-3-11-6(4-10)5-12-7(8)9/h6-7H,2-5H2,1H3/t6-/m1/s1. The molecule has 0 spiro atoms. The Labute approximate surface area is 70.2 Å². The molecule has 0 aromatic heterocycles. The van der Waals surface area contributed by atoms with Crippen molar-refractivity contribution in [1.82, 2.24) is 4.90 Å². The van der Waals surface area contributed by atoms with Gasteiger partial charge in [0.25, 0.3) is 0 Å². The SMILES string of the molecule is CN1CCO[C@@H](COC(F)F)C1. The van der Waals surface area contributed by atoms with E-state index in [0.29, 0.717) is 13.2 Å². The summed E-state index contributed by atoms with van der Waals surface area (Å²) < 4.78 is 32.5. The molecule has 1 aliphatic heterocycles. The molecule has 5 heteroatoms. The van der Waals surface area contributed by atoms with Gasteiger partial charge in [0.05, 0.1) is 19.3 Å². The maximum atomic E-state index is 11.6. The molecule has 72 valence electrons. The first-order chi connectivity index (χ1) is 5.68. The average molecular weight is 181 g/mol. The number of morpholine rings is 1. The first kappa shape index (κ1) is 9.83. The summed E-state index contributed by atoms with van der Waals surface area (Å²) in [5.41, 5.74) is 0. The highest BCUT2D eigenvalue weighted by Crippen LogP contribution is 2.05. The van der Waals surface area contributed by atoms with Gasteiger partial charge in [-0.3, -0.25) is 0 Å². The normalized spacial score (nSPS) is 26.5. The van der Waals surface area contributed by atoms with E-state index >= 15 is 0 Å². The van der Waals surface area contributed by atoms with Crippen molar-refractivity contribution in [2.45, 2.75) is 12.7 Å². The van der Waals surface area contributed by atoms with Crippen LogP contribution in [0, 0.1) is 0 Å². The summed E-state index contributed by atoms with van der Waals surface area (Å²) in [6.07, 6.45) is -0.210. The Balaban J connectivity index is 2.14. The van der Waals surface area contributed by atoms with Crippen LogP contribution in [-0.2, 0) is 9.47 Å². The minimum absolute atomic E-state index is 0.0258. The number of nitrogens with zero attached hydrogens (tertiary/aromatic N) is 1. The second-order valence-corrected chi connectivity index (χ2v) is 2.85. The first-order valence-corrected chi connectivity index (χ1v) is 3.88. The molecule has 0 N–H and O–H groups in total. The third-order valence-electron chi connectivity index (χ3n) is 1.75. The summed E-state index contributed by atoms with van der Waals surface area (Å²) in [7, 11) is 1.93. The van der Waals surface area contributed by atoms with Crippen LogP contribution in [0.5, 0.6) is 0 Å². The van der Waals surface area contributed by atoms with E-state index in [0.717, 1.165) is 6.54 Å². The molecular weight excluding hydrogens is 168 g/mol. The van der Waals surface area contributed by atoms with Gasteiger partial charge in [0.15, 0.2) is 0 Å². The molecule has 0 aromatic carbocycles. The van der Waals surface area contributed by atoms with Crippen LogP contribution in [0.25, 0.3) is 0 Å². The van der Waals surface area contributed by atoms with Gasteiger partial charge in [-0.2, -0.15) is 8.78 Å². The van der Waals surface area contributed by atoms with E-state index in [9.17, 15) is 8.78 Å². The topological polar surface area (TPSA) is 21.7 Å². The zero-order valence-corrected chi connectivity index (χ0v) is 7.00. The minimum atomic E-state index is -2.69. The van der Waals surface area contributed by atoms with Crippen LogP contribution in [-0.4, -0.2) is 51.0 Å². The molecule has 1 saturated heterocycles. The number of hydrogen-bond acceptors (Lipinski definition) is 3. The third-order valence-corrected chi connectivity index (χ3v) is 1.75. The number of hydrogen-bond donors (Lipinski definition) is 0. The molecule has 1 atom stereocenters. The molecule has 0 amide bonds. The molecule has 0 radical (unpaired) electrons. The predicted octanol–water partition coefficient (Wildman–Crippen LogP) is 0.556. The van der Waals surface area contributed by atoms with E-state index in [1.54, 1.807) is 0 Å². The molecule has 1 heterocycles. The zero-order chi connectivity index (χ0) is 8.97. The lowest BCUT2D eigenvalue weighted by atomic mass is 10.3. The summed E-state index contributed by atoms with van der Waals surface area (Å²) in [5, 5.41) is 0. The molecule has 12 heavy (non-hydrogen) atoms. The van der Waals surface area contributed by atoms with Gasteiger partial charge in [0, 0.05) is 13.1 Å². The van der Waals surface area contributed by atoms with Crippen molar-refractivity contribution in [3.8, 4) is 0 Å². The van der Waals surface area contributed by atoms with Crippen molar-refractivity contribution >= 4 is 0 Å². The lowest BCUT2D eigenvalue weighted by molar-refractivity contribution is -0.163. The molecule has 0 aromatic rings. The fourth-order valence-electron chi connectivity index (χ4n) is 1.15. The van der Waals surface area contributed by atoms with Crippen LogP contribution in [0.2, 0.25) is 0 Å². The van der Waals surface area contributed by atoms with Crippen LogP contribution in [0.4, 0.5) is 8.78 Å². The number of halogens is 2. The van der Waals surface area contributed by atoms with Crippen LogP contribution in [0.1, 0.15) is 0 Å². The number of ether oxygens (including phenoxy) is 2. The van der Waals surface area contributed by atoms with Gasteiger partial charge in [-0.15, -0.1) is 0 Å².